The Balaban J connectivity index is 1.94. The van der Waals surface area contributed by atoms with Gasteiger partial charge in [-0.1, -0.05) is 0 Å². The molecule has 0 aromatic carbocycles. The standard InChI is InChI=1S/C14H18N4O4/c1-2-15-14(22)18-7-5-17(6-8-18)12(19)10-3-4-11(13(20)21)16-9-10/h3-4,9H,2,5-8H2,1H3,(H,15,22)(H,20,21). The average molecular weight is 306 g/mol. The van der Waals surface area contributed by atoms with Gasteiger partial charge in [0, 0.05) is 38.9 Å². The molecule has 1 aromatic rings. The molecule has 3 amide bonds. The number of carbonyl (C=O) groups is 3. The van der Waals surface area contributed by atoms with Crippen LogP contribution in [-0.2, 0) is 0 Å². The van der Waals surface area contributed by atoms with Crippen LogP contribution in [0.15, 0.2) is 18.3 Å². The first-order chi connectivity index (χ1) is 10.5. The number of carboxylic acids is 1. The Hall–Kier alpha value is -2.64. The molecule has 0 radical (unpaired) electrons. The zero-order valence-electron chi connectivity index (χ0n) is 12.3. The number of piperazine rings is 1. The molecule has 8 heteroatoms. The summed E-state index contributed by atoms with van der Waals surface area (Å²) in [6, 6.07) is 2.64. The number of pyridine rings is 1. The van der Waals surface area contributed by atoms with Crippen LogP contribution in [0.2, 0.25) is 0 Å². The van der Waals surface area contributed by atoms with Crippen LogP contribution in [0.4, 0.5) is 4.79 Å². The van der Waals surface area contributed by atoms with Gasteiger partial charge < -0.3 is 20.2 Å². The van der Waals surface area contributed by atoms with Gasteiger partial charge in [-0.15, -0.1) is 0 Å². The second-order valence-corrected chi connectivity index (χ2v) is 4.85. The first-order valence-corrected chi connectivity index (χ1v) is 7.04. The van der Waals surface area contributed by atoms with Crippen molar-refractivity contribution in [2.24, 2.45) is 0 Å². The van der Waals surface area contributed by atoms with E-state index in [1.807, 2.05) is 6.92 Å². The third-order valence-corrected chi connectivity index (χ3v) is 3.41. The monoisotopic (exact) mass is 306 g/mol. The van der Waals surface area contributed by atoms with E-state index in [9.17, 15) is 14.4 Å². The Morgan fingerprint density at radius 2 is 1.82 bits per heavy atom. The van der Waals surface area contributed by atoms with E-state index < -0.39 is 5.97 Å². The summed E-state index contributed by atoms with van der Waals surface area (Å²) < 4.78 is 0. The van der Waals surface area contributed by atoms with Crippen LogP contribution in [0.25, 0.3) is 0 Å². The average Bonchev–Trinajstić information content (AvgIpc) is 2.54. The van der Waals surface area contributed by atoms with E-state index in [2.05, 4.69) is 10.3 Å². The normalized spacial score (nSPS) is 14.6. The lowest BCUT2D eigenvalue weighted by Gasteiger charge is -2.34. The number of carbonyl (C=O) groups excluding carboxylic acids is 2. The van der Waals surface area contributed by atoms with Crippen molar-refractivity contribution in [2.45, 2.75) is 6.92 Å². The van der Waals surface area contributed by atoms with Gasteiger partial charge in [-0.2, -0.15) is 0 Å². The summed E-state index contributed by atoms with van der Waals surface area (Å²) in [5, 5.41) is 11.5. The number of aromatic nitrogens is 1. The van der Waals surface area contributed by atoms with E-state index in [1.165, 1.54) is 18.3 Å². The maximum Gasteiger partial charge on any atom is 0.354 e. The molecule has 118 valence electrons. The predicted molar refractivity (Wildman–Crippen MR) is 77.7 cm³/mol. The molecule has 2 heterocycles. The summed E-state index contributed by atoms with van der Waals surface area (Å²) in [5.41, 5.74) is 0.245. The van der Waals surface area contributed by atoms with Gasteiger partial charge in [0.1, 0.15) is 5.69 Å². The van der Waals surface area contributed by atoms with Crippen LogP contribution in [0.5, 0.6) is 0 Å². The fourth-order valence-electron chi connectivity index (χ4n) is 2.21. The highest BCUT2D eigenvalue weighted by Crippen LogP contribution is 2.09. The van der Waals surface area contributed by atoms with Crippen molar-refractivity contribution in [1.29, 1.82) is 0 Å². The summed E-state index contributed by atoms with van der Waals surface area (Å²) in [7, 11) is 0. The molecule has 0 atom stereocenters. The zero-order chi connectivity index (χ0) is 16.1. The topological polar surface area (TPSA) is 103 Å². The summed E-state index contributed by atoms with van der Waals surface area (Å²) in [6.45, 7) is 4.24. The molecule has 0 spiro atoms. The quantitative estimate of drug-likeness (QED) is 0.834. The van der Waals surface area contributed by atoms with Gasteiger partial charge in [-0.3, -0.25) is 4.79 Å². The van der Waals surface area contributed by atoms with Crippen molar-refractivity contribution < 1.29 is 19.5 Å². The van der Waals surface area contributed by atoms with Crippen molar-refractivity contribution >= 4 is 17.9 Å². The Kier molecular flexibility index (Phi) is 4.92. The molecule has 2 rings (SSSR count). The number of nitrogens with one attached hydrogen (secondary N) is 1. The molecule has 1 saturated heterocycles. The Labute approximate surface area is 127 Å². The van der Waals surface area contributed by atoms with Crippen LogP contribution >= 0.6 is 0 Å². The molecular formula is C14H18N4O4. The number of hydrogen-bond acceptors (Lipinski definition) is 4. The molecule has 1 aromatic heterocycles. The molecular weight excluding hydrogens is 288 g/mol. The van der Waals surface area contributed by atoms with Gasteiger partial charge in [0.25, 0.3) is 5.91 Å². The van der Waals surface area contributed by atoms with E-state index >= 15 is 0 Å². The third-order valence-electron chi connectivity index (χ3n) is 3.41. The molecule has 22 heavy (non-hydrogen) atoms. The predicted octanol–water partition coefficient (Wildman–Crippen LogP) is 0.267. The third kappa shape index (κ3) is 3.51. The summed E-state index contributed by atoms with van der Waals surface area (Å²) in [5.74, 6) is -1.34. The molecule has 1 fully saturated rings. The lowest BCUT2D eigenvalue weighted by Crippen LogP contribution is -2.53. The maximum atomic E-state index is 12.3. The van der Waals surface area contributed by atoms with Crippen molar-refractivity contribution in [3.63, 3.8) is 0 Å². The second kappa shape index (κ2) is 6.88. The van der Waals surface area contributed by atoms with Crippen LogP contribution in [0, 0.1) is 0 Å². The van der Waals surface area contributed by atoms with E-state index in [4.69, 9.17) is 5.11 Å². The molecule has 0 aliphatic carbocycles. The molecule has 0 saturated carbocycles. The van der Waals surface area contributed by atoms with Crippen LogP contribution in [0.3, 0.4) is 0 Å². The van der Waals surface area contributed by atoms with E-state index in [-0.39, 0.29) is 17.6 Å². The van der Waals surface area contributed by atoms with E-state index in [1.54, 1.807) is 9.80 Å². The minimum absolute atomic E-state index is 0.0994. The lowest BCUT2D eigenvalue weighted by molar-refractivity contribution is 0.0659. The van der Waals surface area contributed by atoms with Crippen molar-refractivity contribution in [3.05, 3.63) is 29.6 Å². The minimum Gasteiger partial charge on any atom is -0.477 e. The highest BCUT2D eigenvalue weighted by atomic mass is 16.4. The smallest absolute Gasteiger partial charge is 0.354 e. The number of nitrogens with zero attached hydrogens (tertiary/aromatic N) is 3. The van der Waals surface area contributed by atoms with E-state index in [0.29, 0.717) is 38.3 Å². The maximum absolute atomic E-state index is 12.3. The summed E-state index contributed by atoms with van der Waals surface area (Å²) >= 11 is 0. The molecule has 0 bridgehead atoms. The SMILES string of the molecule is CCNC(=O)N1CCN(C(=O)c2ccc(C(=O)O)nc2)CC1. The minimum atomic E-state index is -1.13. The largest absolute Gasteiger partial charge is 0.477 e. The Bertz CT molecular complexity index is 565. The number of rotatable bonds is 3. The van der Waals surface area contributed by atoms with Gasteiger partial charge >= 0.3 is 12.0 Å². The number of aromatic carboxylic acids is 1. The van der Waals surface area contributed by atoms with Gasteiger partial charge in [-0.25, -0.2) is 14.6 Å². The molecule has 2 N–H and O–H groups in total. The molecule has 1 aliphatic heterocycles. The van der Waals surface area contributed by atoms with Crippen LogP contribution < -0.4 is 5.32 Å². The molecule has 1 aliphatic rings. The molecule has 8 nitrogen and oxygen atoms in total. The number of hydrogen-bond donors (Lipinski definition) is 2. The first-order valence-electron chi connectivity index (χ1n) is 7.04. The number of urea groups is 1. The number of amides is 3. The van der Waals surface area contributed by atoms with Crippen LogP contribution in [-0.4, -0.2) is 70.5 Å². The van der Waals surface area contributed by atoms with Crippen molar-refractivity contribution in [2.75, 3.05) is 32.7 Å². The Morgan fingerprint density at radius 1 is 1.18 bits per heavy atom. The molecule has 0 unspecified atom stereocenters. The fourth-order valence-corrected chi connectivity index (χ4v) is 2.21. The summed E-state index contributed by atoms with van der Waals surface area (Å²) in [4.78, 5) is 41.8. The lowest BCUT2D eigenvalue weighted by atomic mass is 10.2. The first kappa shape index (κ1) is 15.7. The van der Waals surface area contributed by atoms with E-state index in [0.717, 1.165) is 0 Å². The van der Waals surface area contributed by atoms with Gasteiger partial charge in [0.15, 0.2) is 0 Å². The highest BCUT2D eigenvalue weighted by molar-refractivity contribution is 5.95. The number of carboxylic acid groups (broad SMARTS) is 1. The van der Waals surface area contributed by atoms with Crippen molar-refractivity contribution in [1.82, 2.24) is 20.1 Å². The van der Waals surface area contributed by atoms with Gasteiger partial charge in [0.2, 0.25) is 0 Å². The Morgan fingerprint density at radius 3 is 2.32 bits per heavy atom. The van der Waals surface area contributed by atoms with Gasteiger partial charge in [0.05, 0.1) is 5.56 Å². The second-order valence-electron chi connectivity index (χ2n) is 4.85. The van der Waals surface area contributed by atoms with Crippen molar-refractivity contribution in [3.8, 4) is 0 Å². The fraction of sp³-hybridized carbons (Fsp3) is 0.429. The zero-order valence-corrected chi connectivity index (χ0v) is 12.3. The van der Waals surface area contributed by atoms with Crippen LogP contribution in [0.1, 0.15) is 27.8 Å². The van der Waals surface area contributed by atoms with Gasteiger partial charge in [-0.05, 0) is 19.1 Å². The highest BCUT2D eigenvalue weighted by Gasteiger charge is 2.24. The summed E-state index contributed by atoms with van der Waals surface area (Å²) in [6.07, 6.45) is 1.27.